The fourth-order valence-electron chi connectivity index (χ4n) is 1.97. The molecule has 17 heavy (non-hydrogen) atoms. The van der Waals surface area contributed by atoms with Crippen molar-refractivity contribution in [1.82, 2.24) is 7.06 Å². The summed E-state index contributed by atoms with van der Waals surface area (Å²) in [5.41, 5.74) is 0. The second-order valence-electron chi connectivity index (χ2n) is 4.47. The zero-order chi connectivity index (χ0) is 11.8. The van der Waals surface area contributed by atoms with Crippen molar-refractivity contribution in [1.29, 1.82) is 0 Å². The second-order valence-corrected chi connectivity index (χ2v) is 15.3. The Balaban J connectivity index is 1.69. The van der Waals surface area contributed by atoms with E-state index in [1.807, 2.05) is 0 Å². The fourth-order valence-corrected chi connectivity index (χ4v) is 16.8. The third-order valence-corrected chi connectivity index (χ3v) is 15.7. The predicted molar refractivity (Wildman–Crippen MR) is 91.5 cm³/mol. The van der Waals surface area contributed by atoms with E-state index < -0.39 is 20.1 Å². The van der Waals surface area contributed by atoms with E-state index in [9.17, 15) is 0 Å². The Hall–Kier alpha value is 1.98. The van der Waals surface area contributed by atoms with Crippen LogP contribution in [-0.2, 0) is 0 Å². The van der Waals surface area contributed by atoms with E-state index in [4.69, 9.17) is 0 Å². The molecule has 1 fully saturated rings. The molecule has 2 heterocycles. The second kappa shape index (κ2) is 9.82. The van der Waals surface area contributed by atoms with Crippen molar-refractivity contribution in [3.05, 3.63) is 0 Å². The zero-order valence-electron chi connectivity index (χ0n) is 10.4. The number of nitrogens with one attached hydrogen (secondary N) is 2. The van der Waals surface area contributed by atoms with Crippen LogP contribution in [0, 0.1) is 5.92 Å². The minimum absolute atomic E-state index is 0.201. The van der Waals surface area contributed by atoms with Gasteiger partial charge in [0.25, 0.3) is 0 Å². The van der Waals surface area contributed by atoms with Crippen molar-refractivity contribution in [2.75, 3.05) is 30.8 Å². The van der Waals surface area contributed by atoms with Gasteiger partial charge in [-0.2, -0.15) is 0 Å². The van der Waals surface area contributed by atoms with E-state index in [0.29, 0.717) is 21.2 Å². The van der Waals surface area contributed by atoms with Crippen LogP contribution in [-0.4, -0.2) is 34.8 Å². The summed E-state index contributed by atoms with van der Waals surface area (Å²) in [4.78, 5) is 0. The van der Waals surface area contributed by atoms with Crippen molar-refractivity contribution >= 4 is 45.1 Å². The van der Waals surface area contributed by atoms with E-state index in [1.54, 1.807) is 24.1 Å². The molecule has 0 aromatic carbocycles. The third kappa shape index (κ3) is 6.80. The Morgan fingerprint density at radius 3 is 3.29 bits per heavy atom. The van der Waals surface area contributed by atoms with Gasteiger partial charge in [-0.05, 0) is 0 Å². The average Bonchev–Trinajstić information content (AvgIpc) is 2.56. The van der Waals surface area contributed by atoms with Crippen molar-refractivity contribution in [2.45, 2.75) is 25.7 Å². The molecule has 0 aliphatic carbocycles. The van der Waals surface area contributed by atoms with E-state index in [1.165, 1.54) is 32.4 Å². The van der Waals surface area contributed by atoms with E-state index in [-0.39, 0.29) is 21.0 Å². The SMILES string of the molecule is C1=INCCCCC1CNI1CCC[I-]CC1. The molecule has 2 N–H and O–H groups in total. The third-order valence-electron chi connectivity index (χ3n) is 3.01. The van der Waals surface area contributed by atoms with Crippen molar-refractivity contribution in [2.24, 2.45) is 5.92 Å². The molecule has 0 aromatic heterocycles. The van der Waals surface area contributed by atoms with Crippen LogP contribution in [0.15, 0.2) is 0 Å². The molecular weight excluding hydrogens is 553 g/mol. The van der Waals surface area contributed by atoms with Crippen LogP contribution in [0.1, 0.15) is 25.7 Å². The Morgan fingerprint density at radius 1 is 1.29 bits per heavy atom. The average molecular weight is 577 g/mol. The molecule has 0 aromatic rings. The van der Waals surface area contributed by atoms with Gasteiger partial charge in [0.1, 0.15) is 0 Å². The first kappa shape index (κ1) is 15.4. The van der Waals surface area contributed by atoms with Gasteiger partial charge in [0, 0.05) is 0 Å². The van der Waals surface area contributed by atoms with Crippen molar-refractivity contribution in [3.63, 3.8) is 0 Å². The van der Waals surface area contributed by atoms with Gasteiger partial charge in [0.05, 0.1) is 0 Å². The molecule has 0 bridgehead atoms. The summed E-state index contributed by atoms with van der Waals surface area (Å²) < 4.78 is 16.7. The van der Waals surface area contributed by atoms with Crippen LogP contribution in [0.5, 0.6) is 0 Å². The van der Waals surface area contributed by atoms with Crippen molar-refractivity contribution < 1.29 is 21.2 Å². The van der Waals surface area contributed by atoms with E-state index >= 15 is 0 Å². The summed E-state index contributed by atoms with van der Waals surface area (Å²) in [5.74, 6) is 0.894. The summed E-state index contributed by atoms with van der Waals surface area (Å²) in [5, 5.41) is 0. The van der Waals surface area contributed by atoms with Gasteiger partial charge < -0.3 is 0 Å². The number of alkyl halides is 4. The topological polar surface area (TPSA) is 24.1 Å². The maximum absolute atomic E-state index is 4.01. The normalized spacial score (nSPS) is 30.4. The molecule has 2 rings (SSSR count). The summed E-state index contributed by atoms with van der Waals surface area (Å²) in [7, 11) is 0. The monoisotopic (exact) mass is 577 g/mol. The standard InChI is InChI=1S/C12H24I3N2/c1-2-9-16-14-10-12(4-1)11-17-15-7-3-5-13-6-8-15/h10,12,16-17H,1-9,11H2/q-1. The molecular formula is C12H24I3N2-. The molecule has 2 nitrogen and oxygen atoms in total. The predicted octanol–water partition coefficient (Wildman–Crippen LogP) is -0.432. The van der Waals surface area contributed by atoms with Crippen LogP contribution < -0.4 is 28.3 Å². The van der Waals surface area contributed by atoms with Crippen LogP contribution in [0.4, 0.5) is 0 Å². The van der Waals surface area contributed by atoms with Gasteiger partial charge in [0.2, 0.25) is 0 Å². The molecule has 1 saturated heterocycles. The van der Waals surface area contributed by atoms with Gasteiger partial charge in [0.15, 0.2) is 0 Å². The maximum atomic E-state index is 4.01. The van der Waals surface area contributed by atoms with Crippen LogP contribution in [0.2, 0.25) is 0 Å². The first-order chi connectivity index (χ1) is 8.45. The van der Waals surface area contributed by atoms with E-state index in [2.05, 4.69) is 11.1 Å². The molecule has 2 aliphatic rings. The molecule has 2 aliphatic heterocycles. The minimum atomic E-state index is -0.694. The molecule has 5 heteroatoms. The number of hydrogen-bond acceptors (Lipinski definition) is 2. The summed E-state index contributed by atoms with van der Waals surface area (Å²) >= 11 is 0.119. The Kier molecular flexibility index (Phi) is 8.88. The molecule has 0 saturated carbocycles. The summed E-state index contributed by atoms with van der Waals surface area (Å²) in [6, 6.07) is 0. The Labute approximate surface area is 134 Å². The first-order valence-corrected chi connectivity index (χ1v) is 16.0. The van der Waals surface area contributed by atoms with Gasteiger partial charge in [-0.1, -0.05) is 0 Å². The number of rotatable bonds is 3. The van der Waals surface area contributed by atoms with Crippen LogP contribution >= 0.6 is 41.1 Å². The quantitative estimate of drug-likeness (QED) is 0.271. The Morgan fingerprint density at radius 2 is 2.29 bits per heavy atom. The van der Waals surface area contributed by atoms with Gasteiger partial charge in [-0.25, -0.2) is 0 Å². The van der Waals surface area contributed by atoms with Crippen molar-refractivity contribution in [3.8, 4) is 0 Å². The molecule has 0 radical (unpaired) electrons. The van der Waals surface area contributed by atoms with Gasteiger partial charge in [-0.15, -0.1) is 0 Å². The molecule has 0 amide bonds. The first-order valence-electron chi connectivity index (χ1n) is 6.52. The zero-order valence-corrected chi connectivity index (χ0v) is 16.8. The van der Waals surface area contributed by atoms with E-state index in [0.717, 1.165) is 5.92 Å². The summed E-state index contributed by atoms with van der Waals surface area (Å²) in [6.45, 7) is 2.59. The fraction of sp³-hybridized carbons (Fsp3) is 0.917. The Bertz CT molecular complexity index is 228. The number of halogens is 3. The molecule has 104 valence electrons. The van der Waals surface area contributed by atoms with Crippen LogP contribution in [0.3, 0.4) is 0 Å². The van der Waals surface area contributed by atoms with Gasteiger partial charge >= 0.3 is 136 Å². The summed E-state index contributed by atoms with van der Waals surface area (Å²) in [6.07, 6.45) is 5.84. The number of hydrogen-bond donors (Lipinski definition) is 2. The molecule has 1 atom stereocenters. The molecule has 1 unspecified atom stereocenters. The molecule has 0 spiro atoms. The van der Waals surface area contributed by atoms with Crippen LogP contribution in [0.25, 0.3) is 0 Å². The van der Waals surface area contributed by atoms with Gasteiger partial charge in [-0.3, -0.25) is 0 Å².